The molecule has 2 aromatic heterocycles. The van der Waals surface area contributed by atoms with E-state index in [4.69, 9.17) is 20.6 Å². The van der Waals surface area contributed by atoms with Crippen LogP contribution in [0, 0.1) is 18.4 Å². The summed E-state index contributed by atoms with van der Waals surface area (Å²) in [5.74, 6) is 3.65. The number of rotatable bonds is 10. The van der Waals surface area contributed by atoms with Gasteiger partial charge in [-0.3, -0.25) is 4.57 Å². The van der Waals surface area contributed by atoms with Gasteiger partial charge in [-0.25, -0.2) is 4.98 Å². The molecule has 1 fully saturated rings. The molecule has 5 aromatic rings. The summed E-state index contributed by atoms with van der Waals surface area (Å²) >= 11 is 0. The second kappa shape index (κ2) is 12.1. The number of hydrogen-bond acceptors (Lipinski definition) is 8. The van der Waals surface area contributed by atoms with Crippen molar-refractivity contribution in [2.24, 2.45) is 0 Å². The molecule has 0 radical (unpaired) electrons. The second-order valence-corrected chi connectivity index (χ2v) is 10.4. The van der Waals surface area contributed by atoms with Crippen molar-refractivity contribution in [2.75, 3.05) is 25.6 Å². The molecular weight excluding hydrogens is 561 g/mol. The van der Waals surface area contributed by atoms with Crippen LogP contribution in [0.2, 0.25) is 0 Å². The van der Waals surface area contributed by atoms with Gasteiger partial charge >= 0.3 is 6.08 Å². The molecule has 0 amide bonds. The normalized spacial score (nSPS) is 20.0. The van der Waals surface area contributed by atoms with Crippen LogP contribution in [0.4, 0.5) is 10.2 Å². The first-order valence-corrected chi connectivity index (χ1v) is 14.3. The molecule has 44 heavy (non-hydrogen) atoms. The van der Waals surface area contributed by atoms with Crippen molar-refractivity contribution in [3.63, 3.8) is 0 Å². The zero-order valence-electron chi connectivity index (χ0n) is 24.4. The summed E-state index contributed by atoms with van der Waals surface area (Å²) in [6, 6.07) is 27.3. The Morgan fingerprint density at radius 3 is 2.25 bits per heavy atom. The van der Waals surface area contributed by atoms with Crippen LogP contribution in [0.3, 0.4) is 0 Å². The molecule has 0 saturated carbocycles. The summed E-state index contributed by atoms with van der Waals surface area (Å²) in [6.45, 7) is 1.87. The first kappa shape index (κ1) is 29.3. The molecular formula is C34H32FN5O4. The number of aliphatic hydroxyl groups excluding tert-OH is 1. The monoisotopic (exact) mass is 593 g/mol. The van der Waals surface area contributed by atoms with E-state index >= 15 is 0 Å². The quantitative estimate of drug-likeness (QED) is 0.132. The van der Waals surface area contributed by atoms with Crippen molar-refractivity contribution >= 4 is 17.0 Å². The van der Waals surface area contributed by atoms with E-state index in [0.29, 0.717) is 17.8 Å². The lowest BCUT2D eigenvalue weighted by molar-refractivity contribution is -0.133. The molecule has 3 aromatic carbocycles. The summed E-state index contributed by atoms with van der Waals surface area (Å²) in [6.07, 6.45) is 5.30. The van der Waals surface area contributed by atoms with E-state index in [1.165, 1.54) is 6.33 Å². The van der Waals surface area contributed by atoms with Crippen molar-refractivity contribution in [1.29, 1.82) is 0 Å². The maximum Gasteiger partial charge on any atom is 0.312 e. The number of imidazole rings is 1. The molecule has 3 heterocycles. The lowest BCUT2D eigenvalue weighted by Gasteiger charge is -2.40. The molecule has 9 nitrogen and oxygen atoms in total. The Bertz CT molecular complexity index is 1740. The van der Waals surface area contributed by atoms with E-state index in [2.05, 4.69) is 26.2 Å². The summed E-state index contributed by atoms with van der Waals surface area (Å²) < 4.78 is 35.2. The molecule has 6 rings (SSSR count). The van der Waals surface area contributed by atoms with Gasteiger partial charge < -0.3 is 24.6 Å². The predicted octanol–water partition coefficient (Wildman–Crippen LogP) is 5.07. The van der Waals surface area contributed by atoms with Gasteiger partial charge in [0.2, 0.25) is 0 Å². The molecule has 3 atom stereocenters. The smallest absolute Gasteiger partial charge is 0.312 e. The molecule has 0 unspecified atom stereocenters. The number of hydrogen-bond donors (Lipinski definition) is 2. The Kier molecular flexibility index (Phi) is 8.01. The minimum Gasteiger partial charge on any atom is -0.497 e. The number of aromatic nitrogens is 4. The van der Waals surface area contributed by atoms with Gasteiger partial charge in [0.05, 0.1) is 20.0 Å². The zero-order valence-corrected chi connectivity index (χ0v) is 24.4. The second-order valence-electron chi connectivity index (χ2n) is 10.4. The average molecular weight is 594 g/mol. The third-order valence-corrected chi connectivity index (χ3v) is 7.99. The summed E-state index contributed by atoms with van der Waals surface area (Å²) in [4.78, 5) is 12.3. The maximum atomic E-state index is 14.5. The number of nitrogens with one attached hydrogen (secondary N) is 1. The van der Waals surface area contributed by atoms with Crippen LogP contribution in [0.5, 0.6) is 5.75 Å². The fourth-order valence-electron chi connectivity index (χ4n) is 5.85. The molecule has 2 N–H and O–H groups in total. The fourth-order valence-corrected chi connectivity index (χ4v) is 5.85. The molecule has 224 valence electrons. The number of terminal acetylenes is 1. The Morgan fingerprint density at radius 2 is 1.68 bits per heavy atom. The summed E-state index contributed by atoms with van der Waals surface area (Å²) in [5.41, 5.74) is 0.426. The number of ether oxygens (including phenoxy) is 3. The number of methoxy groups -OCH3 is 1. The Balaban J connectivity index is 1.50. The molecule has 0 bridgehead atoms. The highest BCUT2D eigenvalue weighted by Gasteiger charge is 2.53. The van der Waals surface area contributed by atoms with Crippen LogP contribution in [-0.2, 0) is 15.1 Å². The third kappa shape index (κ3) is 4.95. The number of benzene rings is 3. The van der Waals surface area contributed by atoms with Gasteiger partial charge in [0.15, 0.2) is 22.6 Å². The van der Waals surface area contributed by atoms with Crippen molar-refractivity contribution in [2.45, 2.75) is 36.9 Å². The van der Waals surface area contributed by atoms with Crippen LogP contribution >= 0.6 is 0 Å². The highest BCUT2D eigenvalue weighted by Crippen LogP contribution is 2.48. The van der Waals surface area contributed by atoms with Gasteiger partial charge in [-0.15, -0.1) is 6.42 Å². The first-order chi connectivity index (χ1) is 21.5. The lowest BCUT2D eigenvalue weighted by atomic mass is 9.79. The highest BCUT2D eigenvalue weighted by atomic mass is 19.1. The van der Waals surface area contributed by atoms with Crippen LogP contribution in [0.1, 0.15) is 36.3 Å². The number of aliphatic hydroxyl groups is 1. The van der Waals surface area contributed by atoms with Gasteiger partial charge in [0.25, 0.3) is 0 Å². The maximum absolute atomic E-state index is 14.5. The van der Waals surface area contributed by atoms with E-state index in [1.54, 1.807) is 11.7 Å². The molecule has 1 aliphatic rings. The van der Waals surface area contributed by atoms with Crippen molar-refractivity contribution in [1.82, 2.24) is 19.5 Å². The summed E-state index contributed by atoms with van der Waals surface area (Å²) in [5, 5.41) is 13.8. The minimum atomic E-state index is -1.54. The van der Waals surface area contributed by atoms with Crippen LogP contribution in [0.25, 0.3) is 11.2 Å². The molecule has 10 heteroatoms. The van der Waals surface area contributed by atoms with E-state index in [9.17, 15) is 9.50 Å². The Hall–Kier alpha value is -4.82. The first-order valence-electron chi connectivity index (χ1n) is 14.3. The Labute approximate surface area is 254 Å². The van der Waals surface area contributed by atoms with E-state index in [0.717, 1.165) is 16.7 Å². The van der Waals surface area contributed by atoms with E-state index < -0.39 is 36.2 Å². The predicted molar refractivity (Wildman–Crippen MR) is 163 cm³/mol. The van der Waals surface area contributed by atoms with Gasteiger partial charge in [-0.2, -0.15) is 14.4 Å². The van der Waals surface area contributed by atoms with Crippen LogP contribution in [0.15, 0.2) is 91.3 Å². The Morgan fingerprint density at radius 1 is 1.05 bits per heavy atom. The van der Waals surface area contributed by atoms with Crippen molar-refractivity contribution < 1.29 is 23.7 Å². The highest BCUT2D eigenvalue weighted by molar-refractivity contribution is 5.82. The molecule has 0 spiro atoms. The standard InChI is InChI=1S/C34H32FN5O4/c1-4-33(21-41)27(20-28(44-33)40-22-37-29-30(36-5-2)38-32(35)39-31(29)40)43-34(23-12-8-6-9-13-23,24-14-10-7-11-15-24)25-16-18-26(42-3)19-17-25/h1,6-19,22,27-28,41H,5,20-21H2,2-3H3,(H,36,38,39)/t27-,28+,33+/m0/s1. The number of halogens is 1. The minimum absolute atomic E-state index is 0.204. The van der Waals surface area contributed by atoms with Gasteiger partial charge in [-0.1, -0.05) is 78.7 Å². The molecule has 1 saturated heterocycles. The number of fused-ring (bicyclic) bond motifs is 1. The van der Waals surface area contributed by atoms with Gasteiger partial charge in [0, 0.05) is 13.0 Å². The number of nitrogens with zero attached hydrogens (tertiary/aromatic N) is 4. The van der Waals surface area contributed by atoms with Gasteiger partial charge in [0.1, 0.15) is 23.7 Å². The van der Waals surface area contributed by atoms with E-state index in [1.807, 2.05) is 91.9 Å². The van der Waals surface area contributed by atoms with Crippen molar-refractivity contribution in [3.05, 3.63) is 114 Å². The molecule has 1 aliphatic heterocycles. The molecule has 0 aliphatic carbocycles. The van der Waals surface area contributed by atoms with Crippen LogP contribution < -0.4 is 10.1 Å². The average Bonchev–Trinajstić information content (AvgIpc) is 3.66. The third-order valence-electron chi connectivity index (χ3n) is 7.99. The zero-order chi connectivity index (χ0) is 30.7. The van der Waals surface area contributed by atoms with Crippen molar-refractivity contribution in [3.8, 4) is 18.1 Å². The van der Waals surface area contributed by atoms with Gasteiger partial charge in [-0.05, 0) is 35.7 Å². The van der Waals surface area contributed by atoms with Crippen LogP contribution in [-0.4, -0.2) is 56.6 Å². The van der Waals surface area contributed by atoms with E-state index in [-0.39, 0.29) is 17.9 Å². The fraction of sp³-hybridized carbons (Fsp3) is 0.265. The summed E-state index contributed by atoms with van der Waals surface area (Å²) in [7, 11) is 1.61. The largest absolute Gasteiger partial charge is 0.497 e. The lowest BCUT2D eigenvalue weighted by Crippen LogP contribution is -2.48. The SMILES string of the molecule is C#C[C@]1(CO)O[C@@H](n2cnc3c(NCC)nc(F)nc32)C[C@@H]1OC(c1ccccc1)(c1ccccc1)c1ccc(OC)cc1. The topological polar surface area (TPSA) is 104 Å². The number of anilines is 1.